The molecule has 0 aliphatic rings. The van der Waals surface area contributed by atoms with Crippen LogP contribution in [-0.4, -0.2) is 4.98 Å². The summed E-state index contributed by atoms with van der Waals surface area (Å²) in [5.41, 5.74) is 0. The molecule has 0 aliphatic heterocycles. The average Bonchev–Trinajstić information content (AvgIpc) is 1.90. The van der Waals surface area contributed by atoms with Crippen LogP contribution in [0.2, 0.25) is 0 Å². The fourth-order valence-electron chi connectivity index (χ4n) is 0.402. The van der Waals surface area contributed by atoms with E-state index in [1.54, 1.807) is 6.20 Å². The third kappa shape index (κ3) is 2.36. The zero-order valence-electron chi connectivity index (χ0n) is 4.33. The van der Waals surface area contributed by atoms with Gasteiger partial charge in [-0.3, -0.25) is 0 Å². The number of pyridine rings is 1. The topological polar surface area (TPSA) is 12.9 Å². The van der Waals surface area contributed by atoms with E-state index < -0.39 is 0 Å². The van der Waals surface area contributed by atoms with Gasteiger partial charge in [0.05, 0.1) is 0 Å². The van der Waals surface area contributed by atoms with Crippen LogP contribution in [0, 0.1) is 0 Å². The van der Waals surface area contributed by atoms with E-state index in [0.717, 1.165) is 4.66 Å². The Bertz CT molecular complexity index is 178. The fourth-order valence-corrected chi connectivity index (χ4v) is 2.01. The molecule has 53 valence electrons. The maximum absolute atomic E-state index is 4.10. The maximum atomic E-state index is 4.10. The molecule has 0 aliphatic carbocycles. The summed E-state index contributed by atoms with van der Waals surface area (Å²) < 4.78 is 1.04. The number of aromatic nitrogens is 1. The Labute approximate surface area is 72.1 Å². The number of hydrogen-bond donors (Lipinski definition) is 0. The van der Waals surface area contributed by atoms with Gasteiger partial charge in [-0.1, -0.05) is 0 Å². The van der Waals surface area contributed by atoms with Crippen molar-refractivity contribution in [2.24, 2.45) is 0 Å². The SMILES string of the molecule is [Br][Ni]([Br])[c]1ccccn1. The van der Waals surface area contributed by atoms with Crippen LogP contribution in [0.1, 0.15) is 0 Å². The Morgan fingerprint density at radius 1 is 1.33 bits per heavy atom. The van der Waals surface area contributed by atoms with Gasteiger partial charge in [-0.15, -0.1) is 0 Å². The second-order valence-electron chi connectivity index (χ2n) is 1.29. The predicted octanol–water partition coefficient (Wildman–Crippen LogP) is 1.94. The molecule has 1 aromatic rings. The first kappa shape index (κ1) is 7.71. The normalized spacial score (nSPS) is 11.1. The Hall–Kier alpha value is 0.604. The third-order valence-electron chi connectivity index (χ3n) is 0.733. The van der Waals surface area contributed by atoms with E-state index in [-0.39, 0.29) is 9.87 Å². The molecule has 1 aromatic heterocycles. The molecule has 0 bridgehead atoms. The minimum absolute atomic E-state index is 0.184. The van der Waals surface area contributed by atoms with Crippen molar-refractivity contribution in [2.45, 2.75) is 0 Å². The molecule has 0 atom stereocenters. The summed E-state index contributed by atoms with van der Waals surface area (Å²) in [5, 5.41) is 0. The molecule has 0 radical (unpaired) electrons. The number of hydrogen-bond acceptors (Lipinski definition) is 1. The van der Waals surface area contributed by atoms with Crippen LogP contribution in [0.25, 0.3) is 0 Å². The van der Waals surface area contributed by atoms with Crippen molar-refractivity contribution in [2.75, 3.05) is 0 Å². The first-order valence-corrected chi connectivity index (χ1v) is 7.54. The second kappa shape index (κ2) is 3.69. The standard InChI is InChI=1S/C5H4N.2BrH.Ni/c1-2-4-6-5-3-1;;;/h1-4H;2*1H;/q;;;+2/p-2. The number of halogens is 2. The van der Waals surface area contributed by atoms with Crippen molar-refractivity contribution >= 4 is 33.1 Å². The van der Waals surface area contributed by atoms with Crippen LogP contribution in [0.4, 0.5) is 0 Å². The zero-order valence-corrected chi connectivity index (χ0v) is 8.49. The predicted molar refractivity (Wildman–Crippen MR) is 41.7 cm³/mol. The van der Waals surface area contributed by atoms with Gasteiger partial charge in [0.15, 0.2) is 0 Å². The summed E-state index contributed by atoms with van der Waals surface area (Å²) in [4.78, 5) is 4.10. The summed E-state index contributed by atoms with van der Waals surface area (Å²) in [5.74, 6) is 0. The molecule has 0 fully saturated rings. The molecule has 0 aromatic carbocycles. The first-order chi connectivity index (χ1) is 4.30. The molecular formula is C5H4Br2NNi. The Morgan fingerprint density at radius 3 is 2.44 bits per heavy atom. The summed E-state index contributed by atoms with van der Waals surface area (Å²) in [7, 11) is -0.184. The van der Waals surface area contributed by atoms with Crippen LogP contribution >= 0.6 is 28.5 Å². The Kier molecular flexibility index (Phi) is 3.16. The van der Waals surface area contributed by atoms with Crippen LogP contribution in [-0.2, 0) is 9.87 Å². The van der Waals surface area contributed by atoms with Crippen molar-refractivity contribution in [3.63, 3.8) is 0 Å². The van der Waals surface area contributed by atoms with Crippen molar-refractivity contribution in [3.05, 3.63) is 24.4 Å². The molecule has 0 saturated heterocycles. The van der Waals surface area contributed by atoms with Gasteiger partial charge in [0.1, 0.15) is 0 Å². The van der Waals surface area contributed by atoms with Crippen LogP contribution in [0.3, 0.4) is 0 Å². The molecular weight excluding hydrogens is 293 g/mol. The molecule has 0 N–H and O–H groups in total. The van der Waals surface area contributed by atoms with E-state index in [1.807, 2.05) is 18.2 Å². The fraction of sp³-hybridized carbons (Fsp3) is 0. The molecule has 0 saturated carbocycles. The quantitative estimate of drug-likeness (QED) is 0.722. The van der Waals surface area contributed by atoms with Crippen LogP contribution in [0.5, 0.6) is 0 Å². The van der Waals surface area contributed by atoms with Gasteiger partial charge in [-0.25, -0.2) is 0 Å². The molecule has 0 unspecified atom stereocenters. The van der Waals surface area contributed by atoms with E-state index in [2.05, 4.69) is 33.4 Å². The van der Waals surface area contributed by atoms with Gasteiger partial charge in [0.25, 0.3) is 0 Å². The molecule has 1 nitrogen and oxygen atoms in total. The van der Waals surface area contributed by atoms with Gasteiger partial charge in [-0.05, 0) is 0 Å². The van der Waals surface area contributed by atoms with E-state index in [0.29, 0.717) is 0 Å². The summed E-state index contributed by atoms with van der Waals surface area (Å²) in [6, 6.07) is 5.84. The average molecular weight is 297 g/mol. The zero-order chi connectivity index (χ0) is 6.69. The van der Waals surface area contributed by atoms with E-state index >= 15 is 0 Å². The molecule has 4 heteroatoms. The van der Waals surface area contributed by atoms with Gasteiger partial charge in [-0.2, -0.15) is 0 Å². The number of nitrogens with zero attached hydrogens (tertiary/aromatic N) is 1. The van der Waals surface area contributed by atoms with E-state index in [1.165, 1.54) is 0 Å². The van der Waals surface area contributed by atoms with Crippen molar-refractivity contribution in [3.8, 4) is 0 Å². The second-order valence-corrected chi connectivity index (χ2v) is 9.22. The van der Waals surface area contributed by atoms with E-state index in [4.69, 9.17) is 0 Å². The summed E-state index contributed by atoms with van der Waals surface area (Å²) in [6.45, 7) is 0. The third-order valence-corrected chi connectivity index (χ3v) is 3.53. The van der Waals surface area contributed by atoms with E-state index in [9.17, 15) is 0 Å². The molecule has 9 heavy (non-hydrogen) atoms. The van der Waals surface area contributed by atoms with Crippen molar-refractivity contribution in [1.82, 2.24) is 4.98 Å². The summed E-state index contributed by atoms with van der Waals surface area (Å²) >= 11 is 6.76. The minimum atomic E-state index is -0.184. The first-order valence-electron chi connectivity index (χ1n) is 2.17. The monoisotopic (exact) mass is 294 g/mol. The number of rotatable bonds is 1. The molecule has 1 rings (SSSR count). The van der Waals surface area contributed by atoms with Gasteiger partial charge < -0.3 is 0 Å². The summed E-state index contributed by atoms with van der Waals surface area (Å²) in [6.07, 6.45) is 1.78. The van der Waals surface area contributed by atoms with Crippen molar-refractivity contribution < 1.29 is 9.87 Å². The van der Waals surface area contributed by atoms with Gasteiger partial charge in [0, 0.05) is 0 Å². The van der Waals surface area contributed by atoms with Crippen LogP contribution < -0.4 is 4.66 Å². The molecule has 1 heterocycles. The van der Waals surface area contributed by atoms with Crippen LogP contribution in [0.15, 0.2) is 24.4 Å². The van der Waals surface area contributed by atoms with Gasteiger partial charge in [0.2, 0.25) is 0 Å². The molecule has 0 spiro atoms. The van der Waals surface area contributed by atoms with Crippen molar-refractivity contribution in [1.29, 1.82) is 0 Å². The molecule has 0 amide bonds. The Morgan fingerprint density at radius 2 is 2.11 bits per heavy atom. The Balaban J connectivity index is 2.85. The van der Waals surface area contributed by atoms with Gasteiger partial charge >= 0.3 is 72.4 Å².